The first-order valence-electron chi connectivity index (χ1n) is 8.66. The number of halogens is 3. The second kappa shape index (κ2) is 7.33. The van der Waals surface area contributed by atoms with E-state index in [4.69, 9.17) is 0 Å². The number of carboxylic acids is 1. The van der Waals surface area contributed by atoms with Crippen LogP contribution in [0.25, 0.3) is 21.3 Å². The topological polar surface area (TPSA) is 53.0 Å². The number of aromatic carboxylic acids is 1. The fourth-order valence-electron chi connectivity index (χ4n) is 3.19. The van der Waals surface area contributed by atoms with Gasteiger partial charge < -0.3 is 9.90 Å². The molecule has 2 heterocycles. The molecule has 0 saturated carbocycles. The Morgan fingerprint density at radius 1 is 1.03 bits per heavy atom. The molecule has 146 valence electrons. The Morgan fingerprint density at radius 2 is 1.83 bits per heavy atom. The van der Waals surface area contributed by atoms with Gasteiger partial charge in [-0.3, -0.25) is 4.98 Å². The van der Waals surface area contributed by atoms with Crippen molar-refractivity contribution in [3.05, 3.63) is 88.4 Å². The molecule has 0 spiro atoms. The van der Waals surface area contributed by atoms with Gasteiger partial charge in [0.1, 0.15) is 0 Å². The number of pyridine rings is 1. The van der Waals surface area contributed by atoms with Crippen LogP contribution in [0.2, 0.25) is 0 Å². The van der Waals surface area contributed by atoms with Crippen molar-refractivity contribution in [1.29, 1.82) is 0 Å². The van der Waals surface area contributed by atoms with Crippen molar-refractivity contribution < 1.29 is 23.1 Å². The normalized spacial score (nSPS) is 11.7. The molecule has 0 radical (unpaired) electrons. The van der Waals surface area contributed by atoms with Crippen LogP contribution in [0.4, 0.5) is 13.2 Å². The maximum Gasteiger partial charge on any atom is 0.416 e. The first-order valence-corrected chi connectivity index (χ1v) is 9.48. The van der Waals surface area contributed by atoms with Gasteiger partial charge in [-0.25, -0.2) is 0 Å². The highest BCUT2D eigenvalue weighted by Crippen LogP contribution is 2.35. The Bertz CT molecular complexity index is 1210. The average Bonchev–Trinajstić information content (AvgIpc) is 3.10. The lowest BCUT2D eigenvalue weighted by Crippen LogP contribution is -2.22. The quantitative estimate of drug-likeness (QED) is 0.477. The van der Waals surface area contributed by atoms with Crippen LogP contribution in [-0.4, -0.2) is 11.0 Å². The number of benzene rings is 2. The van der Waals surface area contributed by atoms with E-state index in [-0.39, 0.29) is 5.56 Å². The second-order valence-electron chi connectivity index (χ2n) is 6.52. The molecule has 2 aromatic heterocycles. The molecule has 0 unspecified atom stereocenters. The van der Waals surface area contributed by atoms with Crippen molar-refractivity contribution in [3.8, 4) is 11.3 Å². The molecule has 0 saturated heterocycles. The van der Waals surface area contributed by atoms with E-state index >= 15 is 0 Å². The van der Waals surface area contributed by atoms with E-state index in [1.54, 1.807) is 6.07 Å². The lowest BCUT2D eigenvalue weighted by molar-refractivity contribution is -0.255. The highest BCUT2D eigenvalue weighted by atomic mass is 32.1. The van der Waals surface area contributed by atoms with Crippen LogP contribution in [-0.2, 0) is 12.6 Å². The third-order valence-electron chi connectivity index (χ3n) is 4.52. The number of thiophene rings is 1. The number of carbonyl (C=O) groups excluding carboxylic acids is 1. The van der Waals surface area contributed by atoms with E-state index in [2.05, 4.69) is 4.98 Å². The van der Waals surface area contributed by atoms with Crippen LogP contribution in [0.1, 0.15) is 26.4 Å². The van der Waals surface area contributed by atoms with Gasteiger partial charge >= 0.3 is 6.18 Å². The van der Waals surface area contributed by atoms with E-state index in [9.17, 15) is 23.1 Å². The average molecular weight is 412 g/mol. The molecule has 7 heteroatoms. The fraction of sp³-hybridized carbons (Fsp3) is 0.0909. The smallest absolute Gasteiger partial charge is 0.416 e. The molecule has 0 aliphatic carbocycles. The van der Waals surface area contributed by atoms with Gasteiger partial charge in [-0.2, -0.15) is 13.2 Å². The summed E-state index contributed by atoms with van der Waals surface area (Å²) in [5.41, 5.74) is 1.20. The van der Waals surface area contributed by atoms with Crippen LogP contribution in [0.5, 0.6) is 0 Å². The van der Waals surface area contributed by atoms with Crippen molar-refractivity contribution in [2.75, 3.05) is 0 Å². The first-order chi connectivity index (χ1) is 13.8. The van der Waals surface area contributed by atoms with Crippen molar-refractivity contribution in [1.82, 2.24) is 4.98 Å². The molecule has 0 aliphatic heterocycles. The molecule has 0 N–H and O–H groups in total. The van der Waals surface area contributed by atoms with Crippen molar-refractivity contribution in [2.24, 2.45) is 0 Å². The minimum atomic E-state index is -4.38. The predicted octanol–water partition coefficient (Wildman–Crippen LogP) is 4.94. The van der Waals surface area contributed by atoms with E-state index in [1.807, 2.05) is 24.3 Å². The van der Waals surface area contributed by atoms with Gasteiger partial charge in [0.05, 0.1) is 17.2 Å². The molecule has 0 fully saturated rings. The third-order valence-corrected chi connectivity index (χ3v) is 5.62. The van der Waals surface area contributed by atoms with Gasteiger partial charge in [0, 0.05) is 38.7 Å². The monoisotopic (exact) mass is 412 g/mol. The molecule has 0 amide bonds. The Morgan fingerprint density at radius 3 is 2.59 bits per heavy atom. The number of rotatable bonds is 4. The summed E-state index contributed by atoms with van der Waals surface area (Å²) < 4.78 is 39.8. The molecule has 4 aromatic rings. The molecule has 4 rings (SSSR count). The van der Waals surface area contributed by atoms with Gasteiger partial charge in [-0.15, -0.1) is 11.3 Å². The zero-order valence-electron chi connectivity index (χ0n) is 14.9. The summed E-state index contributed by atoms with van der Waals surface area (Å²) in [4.78, 5) is 16.3. The predicted molar refractivity (Wildman–Crippen MR) is 104 cm³/mol. The summed E-state index contributed by atoms with van der Waals surface area (Å²) in [6, 6.07) is 15.6. The minimum Gasteiger partial charge on any atom is -0.545 e. The van der Waals surface area contributed by atoms with Crippen molar-refractivity contribution in [3.63, 3.8) is 0 Å². The number of carboxylic acid groups (broad SMARTS) is 1. The highest BCUT2D eigenvalue weighted by Gasteiger charge is 2.30. The largest absolute Gasteiger partial charge is 0.545 e. The van der Waals surface area contributed by atoms with Crippen LogP contribution in [0.15, 0.2) is 66.9 Å². The molecule has 0 atom stereocenters. The van der Waals surface area contributed by atoms with Gasteiger partial charge in [0.15, 0.2) is 0 Å². The van der Waals surface area contributed by atoms with Crippen LogP contribution in [0, 0.1) is 0 Å². The summed E-state index contributed by atoms with van der Waals surface area (Å²) in [6.07, 6.45) is -2.59. The minimum absolute atomic E-state index is 0.0337. The van der Waals surface area contributed by atoms with E-state index in [0.717, 1.165) is 32.7 Å². The SMILES string of the molecule is O=C([O-])c1ccnc(-c2cccc3sc(Cc4cccc(C(F)(F)F)c4)cc23)c1. The van der Waals surface area contributed by atoms with Gasteiger partial charge in [0.25, 0.3) is 0 Å². The lowest BCUT2D eigenvalue weighted by atomic mass is 10.0. The van der Waals surface area contributed by atoms with E-state index in [1.165, 1.54) is 35.7 Å². The van der Waals surface area contributed by atoms with Crippen molar-refractivity contribution >= 4 is 27.4 Å². The fourth-order valence-corrected chi connectivity index (χ4v) is 4.31. The van der Waals surface area contributed by atoms with E-state index in [0.29, 0.717) is 17.7 Å². The number of aromatic nitrogens is 1. The number of hydrogen-bond acceptors (Lipinski definition) is 4. The molecule has 0 bridgehead atoms. The van der Waals surface area contributed by atoms with Crippen LogP contribution < -0.4 is 5.11 Å². The molecule has 29 heavy (non-hydrogen) atoms. The number of fused-ring (bicyclic) bond motifs is 1. The van der Waals surface area contributed by atoms with Crippen LogP contribution >= 0.6 is 11.3 Å². The van der Waals surface area contributed by atoms with Crippen molar-refractivity contribution in [2.45, 2.75) is 12.6 Å². The number of nitrogens with zero attached hydrogens (tertiary/aromatic N) is 1. The summed E-state index contributed by atoms with van der Waals surface area (Å²) in [5, 5.41) is 12.0. The molecule has 0 aliphatic rings. The molecular weight excluding hydrogens is 399 g/mol. The molecule has 3 nitrogen and oxygen atoms in total. The van der Waals surface area contributed by atoms with Gasteiger partial charge in [-0.1, -0.05) is 30.3 Å². The highest BCUT2D eigenvalue weighted by molar-refractivity contribution is 7.19. The summed E-state index contributed by atoms with van der Waals surface area (Å²) in [5.74, 6) is -1.28. The summed E-state index contributed by atoms with van der Waals surface area (Å²) in [6.45, 7) is 0. The Kier molecular flexibility index (Phi) is 4.84. The first kappa shape index (κ1) is 19.1. The molecule has 2 aromatic carbocycles. The maximum absolute atomic E-state index is 13.0. The number of hydrogen-bond donors (Lipinski definition) is 0. The lowest BCUT2D eigenvalue weighted by Gasteiger charge is -2.08. The van der Waals surface area contributed by atoms with Crippen LogP contribution in [0.3, 0.4) is 0 Å². The standard InChI is InChI=1S/C22H14F3NO2S/c23-22(24,25)15-4-1-3-13(9-15)10-16-12-18-17(5-2-6-20(18)29-16)19-11-14(21(27)28)7-8-26-19/h1-9,11-12H,10H2,(H,27,28)/p-1. The van der Waals surface area contributed by atoms with Gasteiger partial charge in [0.2, 0.25) is 0 Å². The Labute approximate surface area is 168 Å². The number of carbonyl (C=O) groups is 1. The Balaban J connectivity index is 1.72. The Hall–Kier alpha value is -3.19. The number of alkyl halides is 3. The zero-order valence-corrected chi connectivity index (χ0v) is 15.7. The third kappa shape index (κ3) is 4.00. The summed E-state index contributed by atoms with van der Waals surface area (Å²) in [7, 11) is 0. The zero-order chi connectivity index (χ0) is 20.6. The summed E-state index contributed by atoms with van der Waals surface area (Å²) >= 11 is 1.49. The van der Waals surface area contributed by atoms with E-state index < -0.39 is 17.7 Å². The maximum atomic E-state index is 13.0. The van der Waals surface area contributed by atoms with Gasteiger partial charge in [-0.05, 0) is 35.9 Å². The second-order valence-corrected chi connectivity index (χ2v) is 7.69. The molecular formula is C22H13F3NO2S-.